The van der Waals surface area contributed by atoms with Crippen LogP contribution in [0.3, 0.4) is 0 Å². The topological polar surface area (TPSA) is 26.0 Å². The molecule has 2 N–H and O–H groups in total. The van der Waals surface area contributed by atoms with E-state index >= 15 is 0 Å². The highest BCUT2D eigenvalue weighted by molar-refractivity contribution is 5.05. The summed E-state index contributed by atoms with van der Waals surface area (Å²) in [5.41, 5.74) is 6.93. The summed E-state index contributed by atoms with van der Waals surface area (Å²) >= 11 is 0. The Kier molecular flexibility index (Phi) is 3.53. The Hall–Kier alpha value is -0.300. The van der Waals surface area contributed by atoms with Crippen LogP contribution in [0, 0.1) is 0 Å². The molecule has 8 heavy (non-hydrogen) atoms. The van der Waals surface area contributed by atoms with Gasteiger partial charge in [0.15, 0.2) is 0 Å². The monoisotopic (exact) mass is 113 g/mol. The van der Waals surface area contributed by atoms with Crippen LogP contribution < -0.4 is 5.73 Å². The predicted molar refractivity (Wildman–Crippen MR) is 37.7 cm³/mol. The molecule has 0 aromatic rings. The SMILES string of the molecule is C/C=C(\CC)C(C)N. The van der Waals surface area contributed by atoms with Crippen molar-refractivity contribution in [2.45, 2.75) is 33.2 Å². The second-order valence-corrected chi connectivity index (χ2v) is 2.01. The molecule has 0 rings (SSSR count). The van der Waals surface area contributed by atoms with Crippen molar-refractivity contribution in [2.24, 2.45) is 5.73 Å². The van der Waals surface area contributed by atoms with Gasteiger partial charge in [0, 0.05) is 6.04 Å². The minimum absolute atomic E-state index is 0.241. The van der Waals surface area contributed by atoms with Gasteiger partial charge in [-0.25, -0.2) is 0 Å². The molecule has 0 saturated heterocycles. The number of hydrogen-bond acceptors (Lipinski definition) is 1. The van der Waals surface area contributed by atoms with Crippen molar-refractivity contribution in [3.05, 3.63) is 11.6 Å². The van der Waals surface area contributed by atoms with Crippen LogP contribution in [0.25, 0.3) is 0 Å². The van der Waals surface area contributed by atoms with Gasteiger partial charge in [-0.3, -0.25) is 0 Å². The average molecular weight is 113 g/mol. The highest BCUT2D eigenvalue weighted by atomic mass is 14.6. The lowest BCUT2D eigenvalue weighted by molar-refractivity contribution is 0.811. The third-order valence-corrected chi connectivity index (χ3v) is 1.36. The van der Waals surface area contributed by atoms with Crippen molar-refractivity contribution in [2.75, 3.05) is 0 Å². The van der Waals surface area contributed by atoms with E-state index < -0.39 is 0 Å². The molecule has 0 aromatic carbocycles. The Morgan fingerprint density at radius 2 is 2.25 bits per heavy atom. The summed E-state index contributed by atoms with van der Waals surface area (Å²) in [5.74, 6) is 0. The van der Waals surface area contributed by atoms with Gasteiger partial charge >= 0.3 is 0 Å². The molecule has 0 aliphatic carbocycles. The van der Waals surface area contributed by atoms with Gasteiger partial charge in [0.05, 0.1) is 0 Å². The largest absolute Gasteiger partial charge is 0.324 e. The zero-order valence-corrected chi connectivity index (χ0v) is 5.94. The first-order chi connectivity index (χ1) is 3.72. The van der Waals surface area contributed by atoms with E-state index in [1.54, 1.807) is 0 Å². The van der Waals surface area contributed by atoms with Crippen LogP contribution in [0.4, 0.5) is 0 Å². The van der Waals surface area contributed by atoms with Gasteiger partial charge in [0.1, 0.15) is 0 Å². The normalized spacial score (nSPS) is 16.2. The van der Waals surface area contributed by atoms with Crippen molar-refractivity contribution >= 4 is 0 Å². The smallest absolute Gasteiger partial charge is 0.0224 e. The zero-order chi connectivity index (χ0) is 6.57. The predicted octanol–water partition coefficient (Wildman–Crippen LogP) is 1.69. The molecule has 0 heterocycles. The second-order valence-electron chi connectivity index (χ2n) is 2.01. The second kappa shape index (κ2) is 3.67. The van der Waals surface area contributed by atoms with Crippen molar-refractivity contribution < 1.29 is 0 Å². The summed E-state index contributed by atoms with van der Waals surface area (Å²) in [5, 5.41) is 0. The Morgan fingerprint density at radius 3 is 2.25 bits per heavy atom. The lowest BCUT2D eigenvalue weighted by Gasteiger charge is -2.05. The van der Waals surface area contributed by atoms with E-state index in [2.05, 4.69) is 13.0 Å². The Morgan fingerprint density at radius 1 is 1.75 bits per heavy atom. The summed E-state index contributed by atoms with van der Waals surface area (Å²) in [6.07, 6.45) is 3.17. The molecule has 0 aliphatic rings. The van der Waals surface area contributed by atoms with E-state index in [0.29, 0.717) is 0 Å². The molecule has 1 nitrogen and oxygen atoms in total. The summed E-state index contributed by atoms with van der Waals surface area (Å²) in [7, 11) is 0. The molecule has 0 fully saturated rings. The summed E-state index contributed by atoms with van der Waals surface area (Å²) in [4.78, 5) is 0. The molecular weight excluding hydrogens is 98.1 g/mol. The first-order valence-corrected chi connectivity index (χ1v) is 3.13. The van der Waals surface area contributed by atoms with Crippen LogP contribution in [0.15, 0.2) is 11.6 Å². The Balaban J connectivity index is 3.72. The maximum Gasteiger partial charge on any atom is 0.0224 e. The fourth-order valence-electron chi connectivity index (χ4n) is 0.789. The van der Waals surface area contributed by atoms with Crippen molar-refractivity contribution in [1.82, 2.24) is 0 Å². The molecule has 0 bridgehead atoms. The fraction of sp³-hybridized carbons (Fsp3) is 0.714. The van der Waals surface area contributed by atoms with E-state index in [0.717, 1.165) is 6.42 Å². The van der Waals surface area contributed by atoms with Crippen LogP contribution in [0.1, 0.15) is 27.2 Å². The molecule has 0 aromatic heterocycles. The number of allylic oxidation sites excluding steroid dienone is 1. The fourth-order valence-corrected chi connectivity index (χ4v) is 0.789. The molecule has 1 heteroatoms. The minimum Gasteiger partial charge on any atom is -0.324 e. The highest BCUT2D eigenvalue weighted by Crippen LogP contribution is 2.02. The molecule has 0 saturated carbocycles. The standard InChI is InChI=1S/C7H15N/c1-4-7(5-2)6(3)8/h4,6H,5,8H2,1-3H3/b7-4+. The van der Waals surface area contributed by atoms with E-state index in [4.69, 9.17) is 5.73 Å². The molecule has 1 unspecified atom stereocenters. The maximum atomic E-state index is 5.59. The number of nitrogens with two attached hydrogens (primary N) is 1. The summed E-state index contributed by atoms with van der Waals surface area (Å²) in [6, 6.07) is 0.241. The van der Waals surface area contributed by atoms with Gasteiger partial charge in [-0.15, -0.1) is 0 Å². The number of rotatable bonds is 2. The van der Waals surface area contributed by atoms with E-state index in [1.807, 2.05) is 13.8 Å². The van der Waals surface area contributed by atoms with Gasteiger partial charge in [-0.2, -0.15) is 0 Å². The number of hydrogen-bond donors (Lipinski definition) is 1. The molecule has 0 amide bonds. The van der Waals surface area contributed by atoms with Gasteiger partial charge in [-0.1, -0.05) is 18.6 Å². The van der Waals surface area contributed by atoms with E-state index in [1.165, 1.54) is 5.57 Å². The molecule has 0 aliphatic heterocycles. The van der Waals surface area contributed by atoms with Crippen molar-refractivity contribution in [3.63, 3.8) is 0 Å². The summed E-state index contributed by atoms with van der Waals surface area (Å²) in [6.45, 7) is 6.17. The first-order valence-electron chi connectivity index (χ1n) is 3.13. The lowest BCUT2D eigenvalue weighted by Crippen LogP contribution is -2.17. The Labute approximate surface area is 51.6 Å². The molecule has 0 spiro atoms. The average Bonchev–Trinajstić information content (AvgIpc) is 1.69. The third-order valence-electron chi connectivity index (χ3n) is 1.36. The van der Waals surface area contributed by atoms with Gasteiger partial charge < -0.3 is 5.73 Å². The molecule has 48 valence electrons. The van der Waals surface area contributed by atoms with Crippen molar-refractivity contribution in [3.8, 4) is 0 Å². The first kappa shape index (κ1) is 7.70. The van der Waals surface area contributed by atoms with Gasteiger partial charge in [0.25, 0.3) is 0 Å². The quantitative estimate of drug-likeness (QED) is 0.542. The van der Waals surface area contributed by atoms with Crippen LogP contribution in [-0.4, -0.2) is 6.04 Å². The molecule has 0 radical (unpaired) electrons. The van der Waals surface area contributed by atoms with Gasteiger partial charge in [0.2, 0.25) is 0 Å². The highest BCUT2D eigenvalue weighted by Gasteiger charge is 1.95. The lowest BCUT2D eigenvalue weighted by atomic mass is 10.1. The minimum atomic E-state index is 0.241. The molecule has 1 atom stereocenters. The Bertz CT molecular complexity index is 82.4. The van der Waals surface area contributed by atoms with Crippen LogP contribution in [-0.2, 0) is 0 Å². The zero-order valence-electron chi connectivity index (χ0n) is 5.94. The van der Waals surface area contributed by atoms with E-state index in [9.17, 15) is 0 Å². The van der Waals surface area contributed by atoms with Gasteiger partial charge in [-0.05, 0) is 20.3 Å². The maximum absolute atomic E-state index is 5.59. The third kappa shape index (κ3) is 2.12. The molecular formula is C7H15N. The van der Waals surface area contributed by atoms with Crippen molar-refractivity contribution in [1.29, 1.82) is 0 Å². The van der Waals surface area contributed by atoms with Crippen LogP contribution in [0.5, 0.6) is 0 Å². The van der Waals surface area contributed by atoms with E-state index in [-0.39, 0.29) is 6.04 Å². The van der Waals surface area contributed by atoms with Crippen LogP contribution in [0.2, 0.25) is 0 Å². The summed E-state index contributed by atoms with van der Waals surface area (Å²) < 4.78 is 0. The van der Waals surface area contributed by atoms with Crippen LogP contribution >= 0.6 is 0 Å².